The first-order chi connectivity index (χ1) is 12.6. The van der Waals surface area contributed by atoms with Crippen LogP contribution in [0.3, 0.4) is 0 Å². The van der Waals surface area contributed by atoms with Crippen molar-refractivity contribution in [2.75, 3.05) is 19.7 Å². The number of hydrogen-bond donors (Lipinski definition) is 1. The highest BCUT2D eigenvalue weighted by molar-refractivity contribution is 6.31. The lowest BCUT2D eigenvalue weighted by Gasteiger charge is -2.14. The normalized spacial score (nSPS) is 14.4. The summed E-state index contributed by atoms with van der Waals surface area (Å²) in [4.78, 5) is 14.4. The Balaban J connectivity index is 1.41. The minimum absolute atomic E-state index is 0.00584. The molecule has 0 bridgehead atoms. The van der Waals surface area contributed by atoms with Crippen molar-refractivity contribution >= 4 is 17.5 Å². The van der Waals surface area contributed by atoms with Gasteiger partial charge in [-0.15, -0.1) is 0 Å². The number of aryl methyl sites for hydroxylation is 1. The predicted octanol–water partition coefficient (Wildman–Crippen LogP) is 3.94. The molecule has 1 aliphatic heterocycles. The van der Waals surface area contributed by atoms with Gasteiger partial charge in [-0.25, -0.2) is 0 Å². The lowest BCUT2D eigenvalue weighted by atomic mass is 10.1. The molecule has 4 nitrogen and oxygen atoms in total. The first kappa shape index (κ1) is 18.7. The fourth-order valence-electron chi connectivity index (χ4n) is 3.07. The smallest absolute Gasteiger partial charge is 0.258 e. The van der Waals surface area contributed by atoms with Crippen LogP contribution in [0.2, 0.25) is 5.02 Å². The molecule has 3 rings (SSSR count). The van der Waals surface area contributed by atoms with Crippen molar-refractivity contribution in [1.29, 1.82) is 0 Å². The molecule has 1 amide bonds. The second-order valence-corrected chi connectivity index (χ2v) is 7.18. The minimum Gasteiger partial charge on any atom is -0.484 e. The van der Waals surface area contributed by atoms with Crippen LogP contribution in [0.1, 0.15) is 29.5 Å². The Morgan fingerprint density at radius 1 is 1.12 bits per heavy atom. The van der Waals surface area contributed by atoms with Gasteiger partial charge in [-0.3, -0.25) is 9.69 Å². The molecule has 5 heteroatoms. The van der Waals surface area contributed by atoms with Gasteiger partial charge in [-0.05, 0) is 67.7 Å². The molecular weight excluding hydrogens is 348 g/mol. The minimum atomic E-state index is -0.140. The van der Waals surface area contributed by atoms with Gasteiger partial charge in [-0.1, -0.05) is 35.9 Å². The van der Waals surface area contributed by atoms with Gasteiger partial charge in [0.15, 0.2) is 6.61 Å². The molecular formula is C21H25ClN2O2. The summed E-state index contributed by atoms with van der Waals surface area (Å²) in [6.45, 7) is 5.82. The van der Waals surface area contributed by atoms with Crippen LogP contribution in [0.5, 0.6) is 5.75 Å². The highest BCUT2D eigenvalue weighted by Gasteiger charge is 2.11. The van der Waals surface area contributed by atoms with Gasteiger partial charge >= 0.3 is 0 Å². The van der Waals surface area contributed by atoms with Crippen LogP contribution in [-0.4, -0.2) is 30.5 Å². The van der Waals surface area contributed by atoms with E-state index in [-0.39, 0.29) is 12.5 Å². The molecule has 0 saturated carbocycles. The topological polar surface area (TPSA) is 41.6 Å². The number of amides is 1. The number of nitrogens with one attached hydrogen (secondary N) is 1. The fraction of sp³-hybridized carbons (Fsp3) is 0.381. The average molecular weight is 373 g/mol. The Labute approximate surface area is 160 Å². The number of halogens is 1. The summed E-state index contributed by atoms with van der Waals surface area (Å²) in [7, 11) is 0. The Bertz CT molecular complexity index is 740. The van der Waals surface area contributed by atoms with Crippen molar-refractivity contribution in [3.8, 4) is 5.75 Å². The van der Waals surface area contributed by atoms with Gasteiger partial charge in [0, 0.05) is 18.1 Å². The molecule has 2 aromatic rings. The zero-order valence-electron chi connectivity index (χ0n) is 15.1. The summed E-state index contributed by atoms with van der Waals surface area (Å²) in [5.41, 5.74) is 3.34. The number of carbonyl (C=O) groups is 1. The number of hydrogen-bond acceptors (Lipinski definition) is 3. The molecule has 138 valence electrons. The van der Waals surface area contributed by atoms with Gasteiger partial charge in [0.2, 0.25) is 0 Å². The molecule has 1 saturated heterocycles. The van der Waals surface area contributed by atoms with E-state index in [0.29, 0.717) is 17.3 Å². The third-order valence-corrected chi connectivity index (χ3v) is 5.04. The monoisotopic (exact) mass is 372 g/mol. The van der Waals surface area contributed by atoms with Crippen LogP contribution < -0.4 is 10.1 Å². The van der Waals surface area contributed by atoms with Crippen LogP contribution in [0, 0.1) is 6.92 Å². The second-order valence-electron chi connectivity index (χ2n) is 6.78. The van der Waals surface area contributed by atoms with Crippen LogP contribution in [0.4, 0.5) is 0 Å². The highest BCUT2D eigenvalue weighted by atomic mass is 35.5. The molecule has 0 aromatic heterocycles. The van der Waals surface area contributed by atoms with E-state index in [1.807, 2.05) is 13.0 Å². The molecule has 0 atom stereocenters. The Kier molecular flexibility index (Phi) is 6.53. The quantitative estimate of drug-likeness (QED) is 0.800. The number of likely N-dealkylation sites (tertiary alicyclic amines) is 1. The van der Waals surface area contributed by atoms with E-state index in [4.69, 9.17) is 16.3 Å². The Morgan fingerprint density at radius 2 is 1.81 bits per heavy atom. The van der Waals surface area contributed by atoms with Gasteiger partial charge in [-0.2, -0.15) is 0 Å². The largest absolute Gasteiger partial charge is 0.484 e. The summed E-state index contributed by atoms with van der Waals surface area (Å²) in [6.07, 6.45) is 2.61. The number of rotatable bonds is 7. The van der Waals surface area contributed by atoms with Crippen molar-refractivity contribution < 1.29 is 9.53 Å². The SMILES string of the molecule is Cc1cc(OCC(=O)NCc2ccc(CN3CCCC3)cc2)ccc1Cl. The second kappa shape index (κ2) is 9.06. The van der Waals surface area contributed by atoms with Crippen LogP contribution >= 0.6 is 11.6 Å². The van der Waals surface area contributed by atoms with E-state index in [2.05, 4.69) is 34.5 Å². The highest BCUT2D eigenvalue weighted by Crippen LogP contribution is 2.20. The molecule has 26 heavy (non-hydrogen) atoms. The van der Waals surface area contributed by atoms with Gasteiger partial charge in [0.25, 0.3) is 5.91 Å². The Hall–Kier alpha value is -2.04. The van der Waals surface area contributed by atoms with Crippen molar-refractivity contribution in [2.45, 2.75) is 32.9 Å². The summed E-state index contributed by atoms with van der Waals surface area (Å²) in [5, 5.41) is 3.58. The van der Waals surface area contributed by atoms with E-state index in [0.717, 1.165) is 17.7 Å². The predicted molar refractivity (Wildman–Crippen MR) is 104 cm³/mol. The molecule has 0 radical (unpaired) electrons. The molecule has 0 spiro atoms. The molecule has 1 N–H and O–H groups in total. The summed E-state index contributed by atoms with van der Waals surface area (Å²) < 4.78 is 5.51. The zero-order chi connectivity index (χ0) is 18.4. The lowest BCUT2D eigenvalue weighted by Crippen LogP contribution is -2.28. The van der Waals surface area contributed by atoms with E-state index in [1.54, 1.807) is 12.1 Å². The summed E-state index contributed by atoms with van der Waals surface area (Å²) >= 11 is 5.98. The third kappa shape index (κ3) is 5.48. The van der Waals surface area contributed by atoms with Crippen LogP contribution in [-0.2, 0) is 17.9 Å². The number of ether oxygens (including phenoxy) is 1. The molecule has 1 aliphatic rings. The number of nitrogens with zero attached hydrogens (tertiary/aromatic N) is 1. The molecule has 0 unspecified atom stereocenters. The molecule has 0 aliphatic carbocycles. The zero-order valence-corrected chi connectivity index (χ0v) is 15.9. The summed E-state index contributed by atoms with van der Waals surface area (Å²) in [5.74, 6) is 0.507. The summed E-state index contributed by atoms with van der Waals surface area (Å²) in [6, 6.07) is 13.8. The van der Waals surface area contributed by atoms with Gasteiger partial charge in [0.05, 0.1) is 0 Å². The van der Waals surface area contributed by atoms with Crippen molar-refractivity contribution in [2.24, 2.45) is 0 Å². The number of benzene rings is 2. The van der Waals surface area contributed by atoms with E-state index in [9.17, 15) is 4.79 Å². The van der Waals surface area contributed by atoms with Gasteiger partial charge in [0.1, 0.15) is 5.75 Å². The van der Waals surface area contributed by atoms with E-state index in [1.165, 1.54) is 31.5 Å². The van der Waals surface area contributed by atoms with Crippen molar-refractivity contribution in [3.05, 3.63) is 64.2 Å². The van der Waals surface area contributed by atoms with Crippen molar-refractivity contribution in [1.82, 2.24) is 10.2 Å². The van der Waals surface area contributed by atoms with Crippen molar-refractivity contribution in [3.63, 3.8) is 0 Å². The first-order valence-corrected chi connectivity index (χ1v) is 9.44. The van der Waals surface area contributed by atoms with E-state index < -0.39 is 0 Å². The first-order valence-electron chi connectivity index (χ1n) is 9.06. The molecule has 1 heterocycles. The number of carbonyl (C=O) groups excluding carboxylic acids is 1. The molecule has 2 aromatic carbocycles. The Morgan fingerprint density at radius 3 is 2.50 bits per heavy atom. The maximum atomic E-state index is 12.0. The standard InChI is InChI=1S/C21H25ClN2O2/c1-16-12-19(8-9-20(16)22)26-15-21(25)23-13-17-4-6-18(7-5-17)14-24-10-2-3-11-24/h4-9,12H,2-3,10-11,13-15H2,1H3,(H,23,25). The maximum Gasteiger partial charge on any atom is 0.258 e. The van der Waals surface area contributed by atoms with Crippen LogP contribution in [0.15, 0.2) is 42.5 Å². The van der Waals surface area contributed by atoms with Crippen LogP contribution in [0.25, 0.3) is 0 Å². The average Bonchev–Trinajstić information content (AvgIpc) is 3.15. The van der Waals surface area contributed by atoms with Gasteiger partial charge < -0.3 is 10.1 Å². The fourth-order valence-corrected chi connectivity index (χ4v) is 3.19. The maximum absolute atomic E-state index is 12.0. The molecule has 1 fully saturated rings. The lowest BCUT2D eigenvalue weighted by molar-refractivity contribution is -0.123. The third-order valence-electron chi connectivity index (χ3n) is 4.62. The van der Waals surface area contributed by atoms with E-state index >= 15 is 0 Å².